The van der Waals surface area contributed by atoms with E-state index in [0.29, 0.717) is 16.5 Å². The lowest BCUT2D eigenvalue weighted by Gasteiger charge is -2.11. The fourth-order valence-corrected chi connectivity index (χ4v) is 4.40. The lowest BCUT2D eigenvalue weighted by molar-refractivity contribution is 0.0960. The number of carbonyl (C=O) groups excluding carboxylic acids is 1. The quantitative estimate of drug-likeness (QED) is 0.600. The van der Waals surface area contributed by atoms with Crippen molar-refractivity contribution in [2.75, 3.05) is 26.5 Å². The smallest absolute Gasteiger partial charge is 0.254 e. The van der Waals surface area contributed by atoms with E-state index in [-0.39, 0.29) is 17.0 Å². The Morgan fingerprint density at radius 2 is 1.89 bits per heavy atom. The van der Waals surface area contributed by atoms with Crippen LogP contribution in [-0.4, -0.2) is 40.8 Å². The van der Waals surface area contributed by atoms with Crippen molar-refractivity contribution in [3.63, 3.8) is 0 Å². The van der Waals surface area contributed by atoms with E-state index in [4.69, 9.17) is 16.3 Å². The number of nitrogens with one attached hydrogen (secondary N) is 2. The number of halogens is 1. The molecule has 1 amide bonds. The normalized spacial score (nSPS) is 11.2. The third-order valence-corrected chi connectivity index (χ3v) is 6.41. The molecule has 0 saturated heterocycles. The molecule has 0 aliphatic carbocycles. The van der Waals surface area contributed by atoms with Gasteiger partial charge in [-0.3, -0.25) is 4.79 Å². The van der Waals surface area contributed by atoms with Crippen LogP contribution < -0.4 is 14.8 Å². The molecule has 2 rings (SSSR count). The Morgan fingerprint density at radius 3 is 2.52 bits per heavy atom. The minimum absolute atomic E-state index is 0.0181. The Morgan fingerprint density at radius 1 is 1.19 bits per heavy atom. The van der Waals surface area contributed by atoms with Gasteiger partial charge in [-0.05, 0) is 35.9 Å². The second-order valence-electron chi connectivity index (χ2n) is 5.52. The lowest BCUT2D eigenvalue weighted by Crippen LogP contribution is -2.27. The van der Waals surface area contributed by atoms with Crippen molar-refractivity contribution in [1.29, 1.82) is 0 Å². The van der Waals surface area contributed by atoms with Gasteiger partial charge in [-0.15, -0.1) is 0 Å². The average molecular weight is 429 g/mol. The summed E-state index contributed by atoms with van der Waals surface area (Å²) in [4.78, 5) is 11.9. The first-order chi connectivity index (χ1) is 12.9. The Labute approximate surface area is 168 Å². The zero-order valence-electron chi connectivity index (χ0n) is 15.0. The Kier molecular flexibility index (Phi) is 7.97. The predicted molar refractivity (Wildman–Crippen MR) is 109 cm³/mol. The summed E-state index contributed by atoms with van der Waals surface area (Å²) >= 11 is 7.46. The molecule has 0 saturated carbocycles. The summed E-state index contributed by atoms with van der Waals surface area (Å²) < 4.78 is 32.6. The summed E-state index contributed by atoms with van der Waals surface area (Å²) in [7, 11) is -0.822. The van der Waals surface area contributed by atoms with Crippen LogP contribution in [0.3, 0.4) is 0 Å². The van der Waals surface area contributed by atoms with Crippen molar-refractivity contribution in [3.8, 4) is 5.75 Å². The molecule has 6 nitrogen and oxygen atoms in total. The molecule has 0 unspecified atom stereocenters. The number of rotatable bonds is 9. The first-order valence-electron chi connectivity index (χ1n) is 8.09. The molecule has 2 N–H and O–H groups in total. The fourth-order valence-electron chi connectivity index (χ4n) is 2.27. The van der Waals surface area contributed by atoms with E-state index in [1.807, 2.05) is 24.3 Å². The minimum atomic E-state index is -3.72. The van der Waals surface area contributed by atoms with Crippen molar-refractivity contribution in [3.05, 3.63) is 58.6 Å². The second kappa shape index (κ2) is 9.98. The molecule has 0 aliphatic heterocycles. The van der Waals surface area contributed by atoms with Gasteiger partial charge in [-0.2, -0.15) is 11.8 Å². The molecule has 146 valence electrons. The van der Waals surface area contributed by atoms with E-state index < -0.39 is 15.9 Å². The van der Waals surface area contributed by atoms with Gasteiger partial charge >= 0.3 is 0 Å². The van der Waals surface area contributed by atoms with Crippen LogP contribution in [-0.2, 0) is 15.8 Å². The number of hydrogen-bond donors (Lipinski definition) is 2. The van der Waals surface area contributed by atoms with Gasteiger partial charge < -0.3 is 10.1 Å². The van der Waals surface area contributed by atoms with Crippen LogP contribution in [0, 0.1) is 0 Å². The van der Waals surface area contributed by atoms with Crippen LogP contribution in [0.15, 0.2) is 47.4 Å². The average Bonchev–Trinajstić information content (AvgIpc) is 2.67. The van der Waals surface area contributed by atoms with Gasteiger partial charge in [-0.25, -0.2) is 13.1 Å². The summed E-state index contributed by atoms with van der Waals surface area (Å²) in [5.74, 6) is 1.27. The van der Waals surface area contributed by atoms with Gasteiger partial charge in [0.05, 0.1) is 17.6 Å². The first kappa shape index (κ1) is 21.6. The molecule has 0 aliphatic rings. The van der Waals surface area contributed by atoms with Crippen LogP contribution in [0.2, 0.25) is 5.02 Å². The van der Waals surface area contributed by atoms with Crippen molar-refractivity contribution in [1.82, 2.24) is 10.0 Å². The standard InChI is InChI=1S/C18H21ClN2O4S2/c1-20-18(22)16-11-15(7-8-17(16)25-2)27(23,24)21-9-10-26-12-13-3-5-14(19)6-4-13/h3-8,11,21H,9-10,12H2,1-2H3,(H,20,22). The van der Waals surface area contributed by atoms with Crippen LogP contribution in [0.4, 0.5) is 0 Å². The van der Waals surface area contributed by atoms with E-state index in [2.05, 4.69) is 10.0 Å². The molecule has 2 aromatic rings. The summed E-state index contributed by atoms with van der Waals surface area (Å²) in [6.45, 7) is 0.280. The van der Waals surface area contributed by atoms with E-state index in [0.717, 1.165) is 11.3 Å². The van der Waals surface area contributed by atoms with Crippen LogP contribution in [0.5, 0.6) is 5.75 Å². The summed E-state index contributed by atoms with van der Waals surface area (Å²) in [6.07, 6.45) is 0. The number of thioether (sulfide) groups is 1. The summed E-state index contributed by atoms with van der Waals surface area (Å²) in [5, 5.41) is 3.15. The molecule has 2 aromatic carbocycles. The molecule has 27 heavy (non-hydrogen) atoms. The van der Waals surface area contributed by atoms with Crippen molar-refractivity contribution in [2.24, 2.45) is 0 Å². The molecule has 0 heterocycles. The van der Waals surface area contributed by atoms with Crippen molar-refractivity contribution in [2.45, 2.75) is 10.6 Å². The summed E-state index contributed by atoms with van der Waals surface area (Å²) in [5.41, 5.74) is 1.29. The lowest BCUT2D eigenvalue weighted by atomic mass is 10.2. The first-order valence-corrected chi connectivity index (χ1v) is 11.1. The molecule has 0 radical (unpaired) electrons. The van der Waals surface area contributed by atoms with E-state index >= 15 is 0 Å². The van der Waals surface area contributed by atoms with Gasteiger partial charge in [0, 0.05) is 30.1 Å². The van der Waals surface area contributed by atoms with Crippen LogP contribution in [0.1, 0.15) is 15.9 Å². The molecule has 0 fully saturated rings. The Hall–Kier alpha value is -1.74. The zero-order chi connectivity index (χ0) is 19.9. The number of benzene rings is 2. The third-order valence-electron chi connectivity index (χ3n) is 3.67. The SMILES string of the molecule is CNC(=O)c1cc(S(=O)(=O)NCCSCc2ccc(Cl)cc2)ccc1OC. The highest BCUT2D eigenvalue weighted by Crippen LogP contribution is 2.22. The number of methoxy groups -OCH3 is 1. The maximum atomic E-state index is 12.5. The summed E-state index contributed by atoms with van der Waals surface area (Å²) in [6, 6.07) is 11.7. The number of sulfonamides is 1. The van der Waals surface area contributed by atoms with Gasteiger partial charge in [0.2, 0.25) is 10.0 Å². The molecule has 0 aromatic heterocycles. The molecule has 0 bridgehead atoms. The molecule has 0 spiro atoms. The van der Waals surface area contributed by atoms with Gasteiger partial charge in [-0.1, -0.05) is 23.7 Å². The minimum Gasteiger partial charge on any atom is -0.496 e. The van der Waals surface area contributed by atoms with E-state index in [1.54, 1.807) is 11.8 Å². The largest absolute Gasteiger partial charge is 0.496 e. The van der Waals surface area contributed by atoms with Gasteiger partial charge in [0.25, 0.3) is 5.91 Å². The number of ether oxygens (including phenoxy) is 1. The molecule has 9 heteroatoms. The van der Waals surface area contributed by atoms with Crippen molar-refractivity contribution >= 4 is 39.3 Å². The highest BCUT2D eigenvalue weighted by molar-refractivity contribution is 7.98. The number of carbonyl (C=O) groups is 1. The van der Waals surface area contributed by atoms with Crippen molar-refractivity contribution < 1.29 is 17.9 Å². The molecular formula is C18H21ClN2O4S2. The van der Waals surface area contributed by atoms with E-state index in [1.165, 1.54) is 32.4 Å². The molecular weight excluding hydrogens is 408 g/mol. The van der Waals surface area contributed by atoms with Gasteiger partial charge in [0.15, 0.2) is 0 Å². The Balaban J connectivity index is 1.94. The number of hydrogen-bond acceptors (Lipinski definition) is 5. The highest BCUT2D eigenvalue weighted by Gasteiger charge is 2.19. The fraction of sp³-hybridized carbons (Fsp3) is 0.278. The van der Waals surface area contributed by atoms with Crippen LogP contribution >= 0.6 is 23.4 Å². The highest BCUT2D eigenvalue weighted by atomic mass is 35.5. The van der Waals surface area contributed by atoms with Gasteiger partial charge in [0.1, 0.15) is 5.75 Å². The topological polar surface area (TPSA) is 84.5 Å². The predicted octanol–water partition coefficient (Wildman–Crippen LogP) is 2.92. The third kappa shape index (κ3) is 6.14. The maximum Gasteiger partial charge on any atom is 0.254 e. The zero-order valence-corrected chi connectivity index (χ0v) is 17.4. The number of amides is 1. The second-order valence-corrected chi connectivity index (χ2v) is 8.83. The maximum absolute atomic E-state index is 12.5. The Bertz CT molecular complexity index is 887. The molecule has 0 atom stereocenters. The monoisotopic (exact) mass is 428 g/mol. The van der Waals surface area contributed by atoms with Crippen LogP contribution in [0.25, 0.3) is 0 Å². The van der Waals surface area contributed by atoms with E-state index in [9.17, 15) is 13.2 Å².